The number of hydroxylamine groups is 2. The van der Waals surface area contributed by atoms with E-state index in [4.69, 9.17) is 4.84 Å². The second kappa shape index (κ2) is 12.1. The van der Waals surface area contributed by atoms with Gasteiger partial charge in [0.15, 0.2) is 0 Å². The van der Waals surface area contributed by atoms with Crippen LogP contribution in [-0.2, 0) is 25.0 Å². The Morgan fingerprint density at radius 1 is 1.10 bits per heavy atom. The Labute approximate surface area is 246 Å². The van der Waals surface area contributed by atoms with Crippen LogP contribution in [-0.4, -0.2) is 64.5 Å². The average molecular weight is 578 g/mol. The number of benzene rings is 2. The van der Waals surface area contributed by atoms with E-state index in [0.717, 1.165) is 48.7 Å². The van der Waals surface area contributed by atoms with Gasteiger partial charge in [0.05, 0.1) is 24.1 Å². The minimum Gasteiger partial charge on any atom is -0.351 e. The Morgan fingerprint density at radius 2 is 1.86 bits per heavy atom. The lowest BCUT2D eigenvalue weighted by molar-refractivity contribution is -0.123. The van der Waals surface area contributed by atoms with Crippen molar-refractivity contribution in [3.8, 4) is 0 Å². The standard InChI is InChI=1S/C31H40FN7O3/c1-21-6-9-27-26(16-21)35-28-24(19-34-36(28)5)20-39(27)29(40)22-7-8-23(25(32)17-22)18-33-30(41)42-38-14-12-37(13-15-38)11-10-31(2,3)4/h6-9,16-17,19,35H,10-15,18,20H2,1-5H3,(H,33,41). The van der Waals surface area contributed by atoms with E-state index in [0.29, 0.717) is 18.8 Å². The van der Waals surface area contributed by atoms with E-state index in [-0.39, 0.29) is 35.5 Å². The molecule has 2 aromatic carbocycles. The van der Waals surface area contributed by atoms with Gasteiger partial charge in [0.1, 0.15) is 11.6 Å². The maximum absolute atomic E-state index is 15.2. The molecule has 0 spiro atoms. The smallest absolute Gasteiger partial charge is 0.351 e. The molecule has 0 radical (unpaired) electrons. The molecule has 2 aliphatic heterocycles. The molecule has 42 heavy (non-hydrogen) atoms. The number of piperazine rings is 1. The third-order valence-electron chi connectivity index (χ3n) is 7.73. The number of hydrogen-bond acceptors (Lipinski definition) is 7. The number of fused-ring (bicyclic) bond motifs is 2. The lowest BCUT2D eigenvalue weighted by Crippen LogP contribution is -2.48. The van der Waals surface area contributed by atoms with Gasteiger partial charge in [-0.3, -0.25) is 9.48 Å². The van der Waals surface area contributed by atoms with E-state index in [2.05, 4.69) is 41.4 Å². The normalized spacial score (nSPS) is 15.8. The van der Waals surface area contributed by atoms with Gasteiger partial charge in [0.2, 0.25) is 0 Å². The zero-order valence-corrected chi connectivity index (χ0v) is 25.0. The van der Waals surface area contributed by atoms with Crippen LogP contribution >= 0.6 is 0 Å². The second-order valence-electron chi connectivity index (χ2n) is 12.3. The molecule has 0 saturated carbocycles. The van der Waals surface area contributed by atoms with Crippen LogP contribution in [0.2, 0.25) is 0 Å². The van der Waals surface area contributed by atoms with Gasteiger partial charge >= 0.3 is 6.09 Å². The van der Waals surface area contributed by atoms with Crippen LogP contribution < -0.4 is 15.5 Å². The molecule has 0 unspecified atom stereocenters. The Bertz CT molecular complexity index is 1460. The van der Waals surface area contributed by atoms with E-state index in [1.54, 1.807) is 26.9 Å². The summed E-state index contributed by atoms with van der Waals surface area (Å²) >= 11 is 0. The van der Waals surface area contributed by atoms with Gasteiger partial charge < -0.3 is 25.3 Å². The maximum atomic E-state index is 15.2. The van der Waals surface area contributed by atoms with Crippen molar-refractivity contribution in [3.05, 3.63) is 70.7 Å². The van der Waals surface area contributed by atoms with Crippen molar-refractivity contribution in [2.45, 2.75) is 47.2 Å². The summed E-state index contributed by atoms with van der Waals surface area (Å²) in [4.78, 5) is 35.5. The average Bonchev–Trinajstić information content (AvgIpc) is 3.19. The molecule has 0 atom stereocenters. The van der Waals surface area contributed by atoms with E-state index < -0.39 is 11.9 Å². The summed E-state index contributed by atoms with van der Waals surface area (Å²) in [6, 6.07) is 10.1. The van der Waals surface area contributed by atoms with E-state index in [1.165, 1.54) is 12.1 Å². The monoisotopic (exact) mass is 577 g/mol. The van der Waals surface area contributed by atoms with Crippen LogP contribution in [0.25, 0.3) is 0 Å². The fraction of sp³-hybridized carbons (Fsp3) is 0.452. The fourth-order valence-electron chi connectivity index (χ4n) is 5.14. The minimum atomic E-state index is -0.631. The topological polar surface area (TPSA) is 95.0 Å². The first-order valence-corrected chi connectivity index (χ1v) is 14.4. The van der Waals surface area contributed by atoms with E-state index in [9.17, 15) is 9.59 Å². The SMILES string of the molecule is Cc1ccc2c(c1)Nc1c(cnn1C)CN2C(=O)c1ccc(CNC(=O)ON2CCN(CCC(C)(C)C)CC2)c(F)c1. The number of rotatable bonds is 6. The lowest BCUT2D eigenvalue weighted by atomic mass is 9.92. The van der Waals surface area contributed by atoms with E-state index >= 15 is 4.39 Å². The quantitative estimate of drug-likeness (QED) is 0.427. The zero-order valence-electron chi connectivity index (χ0n) is 25.0. The third kappa shape index (κ3) is 6.91. The highest BCUT2D eigenvalue weighted by Gasteiger charge is 2.28. The molecule has 2 N–H and O–H groups in total. The molecule has 5 rings (SSSR count). The number of nitrogens with zero attached hydrogens (tertiary/aromatic N) is 5. The lowest BCUT2D eigenvalue weighted by Gasteiger charge is -2.34. The van der Waals surface area contributed by atoms with Crippen LogP contribution in [0.5, 0.6) is 0 Å². The first kappa shape index (κ1) is 29.5. The molecule has 2 aliphatic rings. The number of amides is 2. The molecule has 11 heteroatoms. The van der Waals surface area contributed by atoms with Crippen molar-refractivity contribution < 1.29 is 18.8 Å². The van der Waals surface area contributed by atoms with Crippen LogP contribution in [0, 0.1) is 18.2 Å². The summed E-state index contributed by atoms with van der Waals surface area (Å²) in [5.41, 5.74) is 4.13. The van der Waals surface area contributed by atoms with Crippen molar-refractivity contribution in [3.63, 3.8) is 0 Å². The highest BCUT2D eigenvalue weighted by atomic mass is 19.1. The predicted molar refractivity (Wildman–Crippen MR) is 160 cm³/mol. The van der Waals surface area contributed by atoms with Crippen LogP contribution in [0.4, 0.5) is 26.4 Å². The summed E-state index contributed by atoms with van der Waals surface area (Å²) in [6.07, 6.45) is 2.20. The first-order chi connectivity index (χ1) is 20.0. The Hall–Kier alpha value is -3.96. The third-order valence-corrected chi connectivity index (χ3v) is 7.73. The number of aryl methyl sites for hydroxylation is 2. The van der Waals surface area contributed by atoms with Crippen molar-refractivity contribution in [2.75, 3.05) is 42.9 Å². The Morgan fingerprint density at radius 3 is 2.57 bits per heavy atom. The summed E-state index contributed by atoms with van der Waals surface area (Å²) in [5, 5.41) is 12.0. The van der Waals surface area contributed by atoms with Crippen molar-refractivity contribution >= 4 is 29.2 Å². The van der Waals surface area contributed by atoms with Crippen molar-refractivity contribution in [2.24, 2.45) is 12.5 Å². The summed E-state index contributed by atoms with van der Waals surface area (Å²) in [6.45, 7) is 12.8. The Kier molecular flexibility index (Phi) is 8.51. The summed E-state index contributed by atoms with van der Waals surface area (Å²) < 4.78 is 16.9. The number of anilines is 3. The van der Waals surface area contributed by atoms with Crippen LogP contribution in [0.1, 0.15) is 54.2 Å². The van der Waals surface area contributed by atoms with Crippen LogP contribution in [0.15, 0.2) is 42.6 Å². The molecule has 0 aliphatic carbocycles. The van der Waals surface area contributed by atoms with E-state index in [1.807, 2.05) is 32.2 Å². The molecule has 10 nitrogen and oxygen atoms in total. The number of halogens is 1. The fourth-order valence-corrected chi connectivity index (χ4v) is 5.14. The molecule has 1 fully saturated rings. The number of hydrogen-bond donors (Lipinski definition) is 2. The highest BCUT2D eigenvalue weighted by Crippen LogP contribution is 2.37. The summed E-state index contributed by atoms with van der Waals surface area (Å²) in [5.74, 6) is -0.107. The molecule has 0 bridgehead atoms. The number of nitrogens with one attached hydrogen (secondary N) is 2. The number of carbonyl (C=O) groups is 2. The Balaban J connectivity index is 1.19. The van der Waals surface area contributed by atoms with Gasteiger partial charge in [0, 0.05) is 56.5 Å². The van der Waals surface area contributed by atoms with Gasteiger partial charge in [-0.2, -0.15) is 5.10 Å². The molecule has 3 heterocycles. The van der Waals surface area contributed by atoms with Gasteiger partial charge in [-0.25, -0.2) is 9.18 Å². The zero-order chi connectivity index (χ0) is 30.0. The molecular weight excluding hydrogens is 537 g/mol. The molecule has 1 aromatic heterocycles. The number of aromatic nitrogens is 2. The highest BCUT2D eigenvalue weighted by molar-refractivity contribution is 6.08. The molecule has 3 aromatic rings. The van der Waals surface area contributed by atoms with Gasteiger partial charge in [-0.15, -0.1) is 5.06 Å². The second-order valence-corrected chi connectivity index (χ2v) is 12.3. The minimum absolute atomic E-state index is 0.0561. The molecule has 2 amide bonds. The van der Waals surface area contributed by atoms with Crippen molar-refractivity contribution in [1.29, 1.82) is 0 Å². The van der Waals surface area contributed by atoms with Crippen LogP contribution in [0.3, 0.4) is 0 Å². The van der Waals surface area contributed by atoms with Gasteiger partial charge in [-0.1, -0.05) is 32.9 Å². The largest absolute Gasteiger partial charge is 0.426 e. The van der Waals surface area contributed by atoms with Crippen molar-refractivity contribution in [1.82, 2.24) is 25.1 Å². The number of carbonyl (C=O) groups excluding carboxylic acids is 2. The predicted octanol–water partition coefficient (Wildman–Crippen LogP) is 4.97. The van der Waals surface area contributed by atoms with Gasteiger partial charge in [0.25, 0.3) is 5.91 Å². The maximum Gasteiger partial charge on any atom is 0.426 e. The molecule has 224 valence electrons. The van der Waals surface area contributed by atoms with Gasteiger partial charge in [-0.05, 0) is 55.1 Å². The molecular formula is C31H40FN7O3. The first-order valence-electron chi connectivity index (χ1n) is 14.4. The molecule has 1 saturated heterocycles. The summed E-state index contributed by atoms with van der Waals surface area (Å²) in [7, 11) is 1.84.